The summed E-state index contributed by atoms with van der Waals surface area (Å²) >= 11 is 0. The maximum Gasteiger partial charge on any atom is 0.326 e. The molecule has 0 bridgehead atoms. The van der Waals surface area contributed by atoms with E-state index in [1.165, 1.54) is 4.90 Å². The molecule has 1 heterocycles. The zero-order chi connectivity index (χ0) is 41.6. The van der Waals surface area contributed by atoms with Gasteiger partial charge in [0.15, 0.2) is 0 Å². The number of carbonyl (C=O) groups excluding carboxylic acids is 4. The molecule has 0 aliphatic heterocycles. The molecule has 306 valence electrons. The first-order valence-corrected chi connectivity index (χ1v) is 18.6. The summed E-state index contributed by atoms with van der Waals surface area (Å²) in [5, 5.41) is 29.8. The second-order valence-corrected chi connectivity index (χ2v) is 14.8. The molecule has 1 aromatic heterocycles. The number of aliphatic carboxylic acids is 1. The van der Waals surface area contributed by atoms with Crippen LogP contribution < -0.4 is 27.0 Å². The van der Waals surface area contributed by atoms with Crippen molar-refractivity contribution in [2.45, 2.75) is 84.1 Å². The Hall–Kier alpha value is -5.19. The molecule has 4 atom stereocenters. The highest BCUT2D eigenvalue weighted by Gasteiger charge is 2.37. The fraction of sp³-hybridized carbons (Fsp3) is 0.475. The minimum absolute atomic E-state index is 0.0368. The Kier molecular flexibility index (Phi) is 17.1. The molecule has 0 fully saturated rings. The molecule has 14 nitrogen and oxygen atoms in total. The Morgan fingerprint density at radius 3 is 2.27 bits per heavy atom. The summed E-state index contributed by atoms with van der Waals surface area (Å²) in [7, 11) is 1.59. The fourth-order valence-corrected chi connectivity index (χ4v) is 6.26. The third-order valence-corrected chi connectivity index (χ3v) is 9.36. The lowest BCUT2D eigenvalue weighted by atomic mass is 9.82. The number of rotatable bonds is 21. The van der Waals surface area contributed by atoms with Gasteiger partial charge in [0.2, 0.25) is 23.6 Å². The highest BCUT2D eigenvalue weighted by molar-refractivity contribution is 5.87. The van der Waals surface area contributed by atoms with Gasteiger partial charge in [-0.2, -0.15) is 0 Å². The number of hydrogen-bond donors (Lipinski definition) is 7. The average Bonchev–Trinajstić information content (AvgIpc) is 3.56. The Morgan fingerprint density at radius 1 is 0.946 bits per heavy atom. The standard InChI is InChI=1S/C40H55F2N7O7/c1-25(44-5)37(53)47-32(39(55)56)13-9-10-17-45-34(51)21-46-38(54)31(43)16-18-49(35(52)24-50)36(40(2,3)4)33-19-27(29-20-28(41)14-15-30(29)42)23-48(33)22-26-11-7-6-8-12-26/h6-8,11-12,14-15,19-20,23,25,31-32,36,44,50H,9-10,13,16-18,21-22,24,43H2,1-5H3,(H,45,51)(H,46,54)(H,47,53)(H,55,56)/t25-,31-,32-,36-/m0/s1. The van der Waals surface area contributed by atoms with Gasteiger partial charge in [0.05, 0.1) is 24.7 Å². The number of carboxylic acids is 1. The summed E-state index contributed by atoms with van der Waals surface area (Å²) in [5.41, 5.74) is 7.49. The lowest BCUT2D eigenvalue weighted by molar-refractivity contribution is -0.142. The molecule has 3 aromatic rings. The number of halogens is 2. The maximum absolute atomic E-state index is 15.0. The molecule has 8 N–H and O–H groups in total. The molecule has 56 heavy (non-hydrogen) atoms. The van der Waals surface area contributed by atoms with Crippen LogP contribution >= 0.6 is 0 Å². The quantitative estimate of drug-likeness (QED) is 0.0792. The molecular weight excluding hydrogens is 728 g/mol. The molecule has 0 aliphatic carbocycles. The number of nitrogens with two attached hydrogens (primary N) is 1. The minimum Gasteiger partial charge on any atom is -0.480 e. The van der Waals surface area contributed by atoms with Crippen LogP contribution in [0.1, 0.15) is 70.7 Å². The molecule has 16 heteroatoms. The number of hydrogen-bond acceptors (Lipinski definition) is 8. The van der Waals surface area contributed by atoms with Crippen LogP contribution in [0.25, 0.3) is 11.1 Å². The van der Waals surface area contributed by atoms with Gasteiger partial charge in [-0.15, -0.1) is 0 Å². The van der Waals surface area contributed by atoms with Gasteiger partial charge < -0.3 is 46.7 Å². The van der Waals surface area contributed by atoms with E-state index in [9.17, 15) is 38.6 Å². The molecule has 3 rings (SSSR count). The van der Waals surface area contributed by atoms with Gasteiger partial charge in [-0.3, -0.25) is 19.2 Å². The van der Waals surface area contributed by atoms with Crippen LogP contribution in [0.2, 0.25) is 0 Å². The minimum atomic E-state index is -1.16. The van der Waals surface area contributed by atoms with Crippen molar-refractivity contribution >= 4 is 29.6 Å². The third-order valence-electron chi connectivity index (χ3n) is 9.36. The summed E-state index contributed by atoms with van der Waals surface area (Å²) < 4.78 is 31.2. The smallest absolute Gasteiger partial charge is 0.326 e. The van der Waals surface area contributed by atoms with Gasteiger partial charge in [-0.25, -0.2) is 13.6 Å². The number of nitrogens with zero attached hydrogens (tertiary/aromatic N) is 2. The number of carboxylic acid groups (broad SMARTS) is 1. The van der Waals surface area contributed by atoms with E-state index in [2.05, 4.69) is 21.3 Å². The predicted molar refractivity (Wildman–Crippen MR) is 207 cm³/mol. The van der Waals surface area contributed by atoms with Gasteiger partial charge in [0, 0.05) is 42.7 Å². The van der Waals surface area contributed by atoms with Crippen LogP contribution in [-0.2, 0) is 30.5 Å². The molecule has 0 radical (unpaired) electrons. The highest BCUT2D eigenvalue weighted by atomic mass is 19.1. The number of carbonyl (C=O) groups is 5. The molecular formula is C40H55F2N7O7. The third kappa shape index (κ3) is 13.2. The first-order valence-electron chi connectivity index (χ1n) is 18.6. The van der Waals surface area contributed by atoms with Crippen molar-refractivity contribution in [2.24, 2.45) is 11.1 Å². The largest absolute Gasteiger partial charge is 0.480 e. The number of unbranched alkanes of at least 4 members (excludes halogenated alkanes) is 1. The van der Waals surface area contributed by atoms with Crippen LogP contribution in [-0.4, -0.2) is 101 Å². The monoisotopic (exact) mass is 783 g/mol. The second kappa shape index (κ2) is 21.2. The molecule has 2 aromatic carbocycles. The first kappa shape index (κ1) is 45.2. The number of aliphatic hydroxyl groups excluding tert-OH is 1. The fourth-order valence-electron chi connectivity index (χ4n) is 6.26. The molecule has 0 aliphatic rings. The van der Waals surface area contributed by atoms with Crippen LogP contribution in [0.4, 0.5) is 8.78 Å². The van der Waals surface area contributed by atoms with Gasteiger partial charge in [0.1, 0.15) is 24.3 Å². The summed E-state index contributed by atoms with van der Waals surface area (Å²) in [6.45, 7) is 6.58. The number of aliphatic hydroxyl groups is 1. The number of likely N-dealkylation sites (N-methyl/N-ethyl adjacent to an activating group) is 1. The molecule has 0 spiro atoms. The van der Waals surface area contributed by atoms with Gasteiger partial charge >= 0.3 is 5.97 Å². The van der Waals surface area contributed by atoms with Gasteiger partial charge in [-0.1, -0.05) is 51.1 Å². The van der Waals surface area contributed by atoms with E-state index in [1.54, 1.807) is 26.2 Å². The van der Waals surface area contributed by atoms with Crippen molar-refractivity contribution in [3.05, 3.63) is 83.7 Å². The maximum atomic E-state index is 15.0. The molecule has 0 saturated heterocycles. The van der Waals surface area contributed by atoms with E-state index in [-0.39, 0.29) is 38.0 Å². The van der Waals surface area contributed by atoms with Crippen molar-refractivity contribution < 1.29 is 43.0 Å². The summed E-state index contributed by atoms with van der Waals surface area (Å²) in [6, 6.07) is 10.9. The SMILES string of the molecule is CN[C@@H](C)C(=O)N[C@@H](CCCCNC(=O)CNC(=O)[C@@H](N)CCN(C(=O)CO)[C@@H](c1cc(-c2cc(F)ccc2F)cn1Cc1ccccc1)C(C)(C)C)C(=O)O. The Labute approximate surface area is 326 Å². The summed E-state index contributed by atoms with van der Waals surface area (Å²) in [4.78, 5) is 63.8. The van der Waals surface area contributed by atoms with Crippen molar-refractivity contribution in [1.82, 2.24) is 30.7 Å². The zero-order valence-electron chi connectivity index (χ0n) is 32.6. The molecule has 4 amide bonds. The van der Waals surface area contributed by atoms with Crippen molar-refractivity contribution in [3.8, 4) is 11.1 Å². The number of nitrogens with one attached hydrogen (secondary N) is 4. The molecule has 0 saturated carbocycles. The number of aromatic nitrogens is 1. The average molecular weight is 784 g/mol. The van der Waals surface area contributed by atoms with Gasteiger partial charge in [0.25, 0.3) is 0 Å². The van der Waals surface area contributed by atoms with Crippen LogP contribution in [0.3, 0.4) is 0 Å². The highest BCUT2D eigenvalue weighted by Crippen LogP contribution is 2.41. The van der Waals surface area contributed by atoms with Crippen molar-refractivity contribution in [3.63, 3.8) is 0 Å². The summed E-state index contributed by atoms with van der Waals surface area (Å²) in [5.74, 6) is -4.60. The molecule has 0 unspecified atom stereocenters. The van der Waals surface area contributed by atoms with E-state index >= 15 is 4.39 Å². The normalized spacial score (nSPS) is 13.6. The van der Waals surface area contributed by atoms with Gasteiger partial charge in [-0.05, 0) is 74.9 Å². The van der Waals surface area contributed by atoms with E-state index < -0.39 is 77.4 Å². The van der Waals surface area contributed by atoms with Crippen molar-refractivity contribution in [1.29, 1.82) is 0 Å². The zero-order valence-corrected chi connectivity index (χ0v) is 32.6. The van der Waals surface area contributed by atoms with Crippen LogP contribution in [0, 0.1) is 17.0 Å². The Balaban J connectivity index is 1.68. The first-order chi connectivity index (χ1) is 26.5. The van der Waals surface area contributed by atoms with E-state index in [4.69, 9.17) is 5.73 Å². The second-order valence-electron chi connectivity index (χ2n) is 14.8. The number of amides is 4. The summed E-state index contributed by atoms with van der Waals surface area (Å²) in [6.07, 6.45) is 2.66. The Bertz CT molecular complexity index is 1800. The topological polar surface area (TPSA) is 208 Å². The predicted octanol–water partition coefficient (Wildman–Crippen LogP) is 2.69. The van der Waals surface area contributed by atoms with Crippen LogP contribution in [0.15, 0.2) is 60.8 Å². The van der Waals surface area contributed by atoms with Crippen LogP contribution in [0.5, 0.6) is 0 Å². The van der Waals surface area contributed by atoms with E-state index in [1.807, 2.05) is 55.7 Å². The van der Waals surface area contributed by atoms with Crippen molar-refractivity contribution in [2.75, 3.05) is 33.3 Å². The lowest BCUT2D eigenvalue weighted by Gasteiger charge is -2.41. The van der Waals surface area contributed by atoms with E-state index in [0.717, 1.165) is 23.8 Å². The lowest BCUT2D eigenvalue weighted by Crippen LogP contribution is -2.49. The van der Waals surface area contributed by atoms with E-state index in [0.29, 0.717) is 30.6 Å². The number of benzene rings is 2. The Morgan fingerprint density at radius 2 is 1.64 bits per heavy atom.